The molecule has 0 aromatic heterocycles. The molecular weight excluding hydrogens is 500 g/mol. The number of phenols is 2. The van der Waals surface area contributed by atoms with E-state index in [1.165, 1.54) is 38.2 Å². The zero-order valence-corrected chi connectivity index (χ0v) is 24.2. The van der Waals surface area contributed by atoms with Crippen LogP contribution in [0.3, 0.4) is 0 Å². The van der Waals surface area contributed by atoms with Gasteiger partial charge in [0.2, 0.25) is 0 Å². The molecule has 0 saturated carbocycles. The van der Waals surface area contributed by atoms with Crippen LogP contribution in [-0.4, -0.2) is 16.2 Å². The summed E-state index contributed by atoms with van der Waals surface area (Å²) >= 11 is 0. The zero-order valence-electron chi connectivity index (χ0n) is 24.2. The third-order valence-electron chi connectivity index (χ3n) is 8.64. The van der Waals surface area contributed by atoms with E-state index in [9.17, 15) is 15.0 Å². The van der Waals surface area contributed by atoms with E-state index in [2.05, 4.69) is 27.7 Å². The van der Waals surface area contributed by atoms with Gasteiger partial charge in [0.05, 0.1) is 11.1 Å². The fourth-order valence-electron chi connectivity index (χ4n) is 6.46. The van der Waals surface area contributed by atoms with E-state index in [4.69, 9.17) is 9.47 Å². The number of carbonyl (C=O) groups is 1. The van der Waals surface area contributed by atoms with Crippen LogP contribution >= 0.6 is 0 Å². The SMILES string of the molecule is CC(C)CCCC(C)CCCC(C)CCc1cc(O)cc2c1C1(OC(=O)c3ccccc31)c1ccc(O)cc1O2. The molecule has 3 atom stereocenters. The highest BCUT2D eigenvalue weighted by Crippen LogP contribution is 2.58. The molecular formula is C35H42O5. The molecule has 3 aromatic carbocycles. The van der Waals surface area contributed by atoms with Gasteiger partial charge >= 0.3 is 5.97 Å². The van der Waals surface area contributed by atoms with Crippen molar-refractivity contribution in [2.75, 3.05) is 0 Å². The van der Waals surface area contributed by atoms with Crippen molar-refractivity contribution in [1.82, 2.24) is 0 Å². The Balaban J connectivity index is 1.39. The summed E-state index contributed by atoms with van der Waals surface area (Å²) in [6.07, 6.45) is 9.25. The van der Waals surface area contributed by atoms with Crippen LogP contribution in [0.15, 0.2) is 54.6 Å². The maximum absolute atomic E-state index is 13.2. The first-order chi connectivity index (χ1) is 19.2. The number of fused-ring (bicyclic) bond motifs is 6. The largest absolute Gasteiger partial charge is 0.508 e. The Kier molecular flexibility index (Phi) is 8.11. The third-order valence-corrected chi connectivity index (χ3v) is 8.64. The molecule has 3 unspecified atom stereocenters. The van der Waals surface area contributed by atoms with Crippen molar-refractivity contribution >= 4 is 5.97 Å². The minimum absolute atomic E-state index is 0.0541. The van der Waals surface area contributed by atoms with Crippen LogP contribution in [0.4, 0.5) is 0 Å². The van der Waals surface area contributed by atoms with E-state index in [0.29, 0.717) is 28.5 Å². The number of ether oxygens (including phenoxy) is 2. The predicted octanol–water partition coefficient (Wildman–Crippen LogP) is 8.87. The van der Waals surface area contributed by atoms with E-state index in [0.717, 1.165) is 47.8 Å². The van der Waals surface area contributed by atoms with Gasteiger partial charge in [0, 0.05) is 23.3 Å². The van der Waals surface area contributed by atoms with Gasteiger partial charge < -0.3 is 19.7 Å². The fraction of sp³-hybridized carbons (Fsp3) is 0.457. The van der Waals surface area contributed by atoms with Gasteiger partial charge in [-0.2, -0.15) is 0 Å². The molecule has 1 spiro atoms. The molecule has 0 aliphatic carbocycles. The molecule has 0 amide bonds. The van der Waals surface area contributed by atoms with Crippen molar-refractivity contribution in [2.24, 2.45) is 17.8 Å². The lowest BCUT2D eigenvalue weighted by Crippen LogP contribution is -2.34. The number of carbonyl (C=O) groups excluding carboxylic acids is 1. The minimum atomic E-state index is -1.21. The van der Waals surface area contributed by atoms with Gasteiger partial charge in [0.15, 0.2) is 5.60 Å². The molecule has 0 radical (unpaired) electrons. The number of benzene rings is 3. The standard InChI is InChI=1S/C35H42O5/c1-22(2)9-7-10-23(3)11-8-12-24(4)15-16-25-19-27(37)21-32-33(25)35(30-18-17-26(36)20-31(30)39-32)29-14-6-5-13-28(29)34(38)40-35/h5-6,13-14,17-24,36-37H,7-12,15-16H2,1-4H3. The average molecular weight is 543 g/mol. The molecule has 212 valence electrons. The highest BCUT2D eigenvalue weighted by molar-refractivity contribution is 5.97. The van der Waals surface area contributed by atoms with Gasteiger partial charge in [0.25, 0.3) is 0 Å². The van der Waals surface area contributed by atoms with Gasteiger partial charge in [-0.15, -0.1) is 0 Å². The zero-order chi connectivity index (χ0) is 28.4. The van der Waals surface area contributed by atoms with Crippen molar-refractivity contribution in [3.8, 4) is 23.0 Å². The first-order valence-electron chi connectivity index (χ1n) is 14.9. The van der Waals surface area contributed by atoms with Crippen LogP contribution in [-0.2, 0) is 16.8 Å². The van der Waals surface area contributed by atoms with E-state index in [1.54, 1.807) is 30.3 Å². The average Bonchev–Trinajstić information content (AvgIpc) is 3.19. The molecule has 5 heteroatoms. The van der Waals surface area contributed by atoms with Crippen molar-refractivity contribution in [3.05, 3.63) is 82.4 Å². The lowest BCUT2D eigenvalue weighted by atomic mass is 9.75. The third kappa shape index (κ3) is 5.43. The van der Waals surface area contributed by atoms with Crippen molar-refractivity contribution in [3.63, 3.8) is 0 Å². The molecule has 5 nitrogen and oxygen atoms in total. The molecule has 2 aliphatic rings. The van der Waals surface area contributed by atoms with E-state index in [-0.39, 0.29) is 11.5 Å². The van der Waals surface area contributed by atoms with Crippen LogP contribution in [0.25, 0.3) is 0 Å². The van der Waals surface area contributed by atoms with Crippen LogP contribution in [0, 0.1) is 17.8 Å². The van der Waals surface area contributed by atoms with E-state index in [1.807, 2.05) is 18.2 Å². The number of hydrogen-bond donors (Lipinski definition) is 2. The van der Waals surface area contributed by atoms with Crippen LogP contribution in [0.5, 0.6) is 23.0 Å². The Morgan fingerprint density at radius 1 is 0.750 bits per heavy atom. The van der Waals surface area contributed by atoms with E-state index >= 15 is 0 Å². The Morgan fingerprint density at radius 3 is 2.17 bits per heavy atom. The number of aryl methyl sites for hydroxylation is 1. The van der Waals surface area contributed by atoms with E-state index < -0.39 is 11.6 Å². The maximum atomic E-state index is 13.2. The molecule has 40 heavy (non-hydrogen) atoms. The first kappa shape index (κ1) is 28.1. The van der Waals surface area contributed by atoms with Crippen molar-refractivity contribution in [1.29, 1.82) is 0 Å². The number of rotatable bonds is 11. The summed E-state index contributed by atoms with van der Waals surface area (Å²) in [5.41, 5.74) is 2.40. The topological polar surface area (TPSA) is 76.0 Å². The molecule has 3 aromatic rings. The summed E-state index contributed by atoms with van der Waals surface area (Å²) < 4.78 is 12.5. The second-order valence-corrected chi connectivity index (χ2v) is 12.4. The normalized spacial score (nSPS) is 18.6. The summed E-state index contributed by atoms with van der Waals surface area (Å²) in [5, 5.41) is 20.9. The highest BCUT2D eigenvalue weighted by atomic mass is 16.6. The number of phenolic OH excluding ortho intramolecular Hbond substituents is 2. The maximum Gasteiger partial charge on any atom is 0.340 e. The molecule has 0 bridgehead atoms. The van der Waals surface area contributed by atoms with Gasteiger partial charge in [0.1, 0.15) is 23.0 Å². The van der Waals surface area contributed by atoms with Gasteiger partial charge in [-0.1, -0.05) is 84.4 Å². The Hall–Kier alpha value is -3.47. The quantitative estimate of drug-likeness (QED) is 0.237. The monoisotopic (exact) mass is 542 g/mol. The lowest BCUT2D eigenvalue weighted by molar-refractivity contribution is 0.0221. The molecule has 2 N–H and O–H groups in total. The van der Waals surface area contributed by atoms with Crippen LogP contribution in [0.1, 0.15) is 105 Å². The Bertz CT molecular complexity index is 1380. The smallest absolute Gasteiger partial charge is 0.340 e. The minimum Gasteiger partial charge on any atom is -0.508 e. The Labute approximate surface area is 238 Å². The number of hydrogen-bond acceptors (Lipinski definition) is 5. The first-order valence-corrected chi connectivity index (χ1v) is 14.9. The summed E-state index contributed by atoms with van der Waals surface area (Å²) in [6, 6.07) is 15.7. The van der Waals surface area contributed by atoms with Crippen molar-refractivity contribution < 1.29 is 24.5 Å². The summed E-state index contributed by atoms with van der Waals surface area (Å²) in [4.78, 5) is 13.2. The second kappa shape index (κ2) is 11.6. The summed E-state index contributed by atoms with van der Waals surface area (Å²) in [5.74, 6) is 2.68. The van der Waals surface area contributed by atoms with Gasteiger partial charge in [-0.25, -0.2) is 4.79 Å². The predicted molar refractivity (Wildman–Crippen MR) is 157 cm³/mol. The second-order valence-electron chi connectivity index (χ2n) is 12.4. The van der Waals surface area contributed by atoms with Gasteiger partial charge in [-0.3, -0.25) is 0 Å². The Morgan fingerprint density at radius 2 is 1.43 bits per heavy atom. The molecule has 5 rings (SSSR count). The van der Waals surface area contributed by atoms with Crippen LogP contribution in [0.2, 0.25) is 0 Å². The lowest BCUT2D eigenvalue weighted by Gasteiger charge is -2.38. The summed E-state index contributed by atoms with van der Waals surface area (Å²) in [7, 11) is 0. The molecule has 0 saturated heterocycles. The number of aromatic hydroxyl groups is 2. The molecule has 2 aliphatic heterocycles. The molecule has 0 fully saturated rings. The summed E-state index contributed by atoms with van der Waals surface area (Å²) in [6.45, 7) is 9.27. The molecule has 2 heterocycles. The number of esters is 1. The highest BCUT2D eigenvalue weighted by Gasteiger charge is 2.54. The van der Waals surface area contributed by atoms with Crippen LogP contribution < -0.4 is 4.74 Å². The van der Waals surface area contributed by atoms with Crippen molar-refractivity contribution in [2.45, 2.75) is 84.7 Å². The fourth-order valence-corrected chi connectivity index (χ4v) is 6.46. The van der Waals surface area contributed by atoms with Gasteiger partial charge in [-0.05, 0) is 60.4 Å².